The van der Waals surface area contributed by atoms with Gasteiger partial charge in [-0.15, -0.1) is 0 Å². The predicted molar refractivity (Wildman–Crippen MR) is 69.3 cm³/mol. The van der Waals surface area contributed by atoms with Gasteiger partial charge >= 0.3 is 0 Å². The third-order valence-corrected chi connectivity index (χ3v) is 4.60. The van der Waals surface area contributed by atoms with E-state index in [0.717, 1.165) is 11.8 Å². The number of nitrogens with zero attached hydrogens (tertiary/aromatic N) is 2. The summed E-state index contributed by atoms with van der Waals surface area (Å²) in [7, 11) is 0. The molecule has 90 valence electrons. The molecule has 0 unspecified atom stereocenters. The fourth-order valence-corrected chi connectivity index (χ4v) is 3.70. The molecule has 2 heterocycles. The second-order valence-corrected chi connectivity index (χ2v) is 5.73. The van der Waals surface area contributed by atoms with Crippen molar-refractivity contribution in [2.45, 2.75) is 50.6 Å². The molecule has 3 nitrogen and oxygen atoms in total. The lowest BCUT2D eigenvalue weighted by molar-refractivity contribution is 0.166. The maximum Gasteiger partial charge on any atom is 0.170 e. The van der Waals surface area contributed by atoms with Crippen molar-refractivity contribution in [1.82, 2.24) is 15.1 Å². The zero-order valence-corrected chi connectivity index (χ0v) is 10.6. The Labute approximate surface area is 103 Å². The van der Waals surface area contributed by atoms with Crippen molar-refractivity contribution in [2.24, 2.45) is 0 Å². The third-order valence-electron chi connectivity index (χ3n) is 4.25. The Bertz CT molecular complexity index is 275. The molecular weight excluding hydrogens is 218 g/mol. The molecule has 0 radical (unpaired) electrons. The Kier molecular flexibility index (Phi) is 3.03. The van der Waals surface area contributed by atoms with Gasteiger partial charge in [0.05, 0.1) is 12.7 Å². The number of hydrogen-bond donors (Lipinski definition) is 1. The quantitative estimate of drug-likeness (QED) is 0.737. The van der Waals surface area contributed by atoms with Crippen LogP contribution in [0.1, 0.15) is 38.5 Å². The van der Waals surface area contributed by atoms with Crippen molar-refractivity contribution in [3.05, 3.63) is 0 Å². The Balaban J connectivity index is 1.65. The first-order chi connectivity index (χ1) is 7.84. The average molecular weight is 239 g/mol. The Hall–Kier alpha value is -0.350. The second kappa shape index (κ2) is 4.49. The van der Waals surface area contributed by atoms with Gasteiger partial charge in [-0.3, -0.25) is 4.90 Å². The number of rotatable bonds is 2. The normalized spacial score (nSPS) is 35.2. The summed E-state index contributed by atoms with van der Waals surface area (Å²) in [6.45, 7) is 3.58. The van der Waals surface area contributed by atoms with Crippen molar-refractivity contribution < 1.29 is 0 Å². The molecule has 3 fully saturated rings. The zero-order valence-electron chi connectivity index (χ0n) is 9.82. The Morgan fingerprint density at radius 1 is 1.12 bits per heavy atom. The van der Waals surface area contributed by atoms with E-state index in [1.165, 1.54) is 51.6 Å². The van der Waals surface area contributed by atoms with Crippen LogP contribution >= 0.6 is 12.2 Å². The van der Waals surface area contributed by atoms with E-state index in [9.17, 15) is 0 Å². The minimum absolute atomic E-state index is 0.642. The second-order valence-electron chi connectivity index (χ2n) is 5.34. The Morgan fingerprint density at radius 3 is 2.69 bits per heavy atom. The molecule has 2 saturated heterocycles. The van der Waals surface area contributed by atoms with E-state index in [2.05, 4.69) is 15.1 Å². The van der Waals surface area contributed by atoms with E-state index in [1.54, 1.807) is 0 Å². The standard InChI is InChI=1S/C12H21N3S/c16-12-13-10-5-1-2-6-11(10)15(12)9-14-7-3-4-8-14/h10-11H,1-9H2,(H,13,16)/t10-,11+/m0/s1. The number of nitrogens with one attached hydrogen (secondary N) is 1. The monoisotopic (exact) mass is 239 g/mol. The summed E-state index contributed by atoms with van der Waals surface area (Å²) in [5, 5.41) is 4.51. The summed E-state index contributed by atoms with van der Waals surface area (Å²) in [5.41, 5.74) is 0. The van der Waals surface area contributed by atoms with Crippen molar-refractivity contribution in [3.8, 4) is 0 Å². The van der Waals surface area contributed by atoms with E-state index in [4.69, 9.17) is 12.2 Å². The van der Waals surface area contributed by atoms with Crippen LogP contribution in [0, 0.1) is 0 Å². The highest BCUT2D eigenvalue weighted by atomic mass is 32.1. The topological polar surface area (TPSA) is 18.5 Å². The lowest BCUT2D eigenvalue weighted by Crippen LogP contribution is -2.44. The molecule has 3 aliphatic rings. The van der Waals surface area contributed by atoms with E-state index < -0.39 is 0 Å². The molecule has 1 N–H and O–H groups in total. The highest BCUT2D eigenvalue weighted by Gasteiger charge is 2.38. The van der Waals surface area contributed by atoms with Gasteiger partial charge in [0.1, 0.15) is 0 Å². The van der Waals surface area contributed by atoms with Gasteiger partial charge in [0.25, 0.3) is 0 Å². The van der Waals surface area contributed by atoms with Gasteiger partial charge in [0.2, 0.25) is 0 Å². The molecule has 1 saturated carbocycles. The number of fused-ring (bicyclic) bond motifs is 1. The highest BCUT2D eigenvalue weighted by molar-refractivity contribution is 7.80. The van der Waals surface area contributed by atoms with Gasteiger partial charge in [-0.25, -0.2) is 0 Å². The number of thiocarbonyl (C=S) groups is 1. The summed E-state index contributed by atoms with van der Waals surface area (Å²) < 4.78 is 0. The van der Waals surface area contributed by atoms with Crippen molar-refractivity contribution in [1.29, 1.82) is 0 Å². The van der Waals surface area contributed by atoms with Gasteiger partial charge in [0, 0.05) is 6.04 Å². The van der Waals surface area contributed by atoms with Crippen molar-refractivity contribution in [2.75, 3.05) is 19.8 Å². The van der Waals surface area contributed by atoms with Crippen LogP contribution in [0.2, 0.25) is 0 Å². The predicted octanol–water partition coefficient (Wildman–Crippen LogP) is 1.54. The number of hydrogen-bond acceptors (Lipinski definition) is 2. The summed E-state index contributed by atoms with van der Waals surface area (Å²) in [5.74, 6) is 0. The van der Waals surface area contributed by atoms with Gasteiger partial charge in [-0.2, -0.15) is 0 Å². The molecular formula is C12H21N3S. The minimum atomic E-state index is 0.642. The zero-order chi connectivity index (χ0) is 11.0. The number of likely N-dealkylation sites (tertiary alicyclic amines) is 1. The molecule has 2 atom stereocenters. The summed E-state index contributed by atoms with van der Waals surface area (Å²) in [6.07, 6.45) is 8.10. The lowest BCUT2D eigenvalue weighted by atomic mass is 9.91. The largest absolute Gasteiger partial charge is 0.358 e. The van der Waals surface area contributed by atoms with Crippen LogP contribution in [-0.4, -0.2) is 46.8 Å². The molecule has 0 amide bonds. The summed E-state index contributed by atoms with van der Waals surface area (Å²) in [6, 6.07) is 1.32. The highest BCUT2D eigenvalue weighted by Crippen LogP contribution is 2.28. The molecule has 0 aromatic heterocycles. The first-order valence-corrected chi connectivity index (χ1v) is 7.05. The van der Waals surface area contributed by atoms with Crippen LogP contribution in [0.25, 0.3) is 0 Å². The van der Waals surface area contributed by atoms with Gasteiger partial charge in [-0.05, 0) is 51.0 Å². The van der Waals surface area contributed by atoms with Crippen LogP contribution < -0.4 is 5.32 Å². The molecule has 0 aromatic carbocycles. The van der Waals surface area contributed by atoms with Crippen LogP contribution in [0.3, 0.4) is 0 Å². The molecule has 0 bridgehead atoms. The molecule has 0 aromatic rings. The van der Waals surface area contributed by atoms with Crippen LogP contribution in [-0.2, 0) is 0 Å². The molecule has 16 heavy (non-hydrogen) atoms. The van der Waals surface area contributed by atoms with Crippen molar-refractivity contribution in [3.63, 3.8) is 0 Å². The fourth-order valence-electron chi connectivity index (χ4n) is 3.35. The first-order valence-electron chi connectivity index (χ1n) is 6.64. The molecule has 0 spiro atoms. The van der Waals surface area contributed by atoms with E-state index in [0.29, 0.717) is 12.1 Å². The van der Waals surface area contributed by atoms with E-state index in [1.807, 2.05) is 0 Å². The van der Waals surface area contributed by atoms with Gasteiger partial charge in [0.15, 0.2) is 5.11 Å². The summed E-state index contributed by atoms with van der Waals surface area (Å²) in [4.78, 5) is 5.00. The van der Waals surface area contributed by atoms with Crippen LogP contribution in [0.5, 0.6) is 0 Å². The first kappa shape index (κ1) is 10.8. The van der Waals surface area contributed by atoms with Gasteiger partial charge in [-0.1, -0.05) is 12.8 Å². The average Bonchev–Trinajstić information content (AvgIpc) is 2.89. The molecule has 4 heteroatoms. The van der Waals surface area contributed by atoms with Crippen LogP contribution in [0.4, 0.5) is 0 Å². The lowest BCUT2D eigenvalue weighted by Gasteiger charge is -2.33. The fraction of sp³-hybridized carbons (Fsp3) is 0.917. The summed E-state index contributed by atoms with van der Waals surface area (Å²) >= 11 is 5.48. The molecule has 2 aliphatic heterocycles. The third kappa shape index (κ3) is 1.93. The van der Waals surface area contributed by atoms with Crippen molar-refractivity contribution >= 4 is 17.3 Å². The molecule has 1 aliphatic carbocycles. The van der Waals surface area contributed by atoms with Gasteiger partial charge < -0.3 is 10.2 Å². The van der Waals surface area contributed by atoms with E-state index >= 15 is 0 Å². The SMILES string of the molecule is S=C1N[C@H]2CCCC[C@H]2N1CN1CCCC1. The maximum atomic E-state index is 5.48. The molecule has 3 rings (SSSR count). The van der Waals surface area contributed by atoms with E-state index in [-0.39, 0.29) is 0 Å². The minimum Gasteiger partial charge on any atom is -0.358 e. The van der Waals surface area contributed by atoms with Crippen LogP contribution in [0.15, 0.2) is 0 Å². The maximum absolute atomic E-state index is 5.48. The Morgan fingerprint density at radius 2 is 1.88 bits per heavy atom. The smallest absolute Gasteiger partial charge is 0.170 e.